The van der Waals surface area contributed by atoms with Gasteiger partial charge in [0.05, 0.1) is 4.88 Å². The molecule has 102 valence electrons. The molecule has 0 spiro atoms. The number of aryl methyl sites for hydroxylation is 1. The van der Waals surface area contributed by atoms with Crippen molar-refractivity contribution >= 4 is 48.6 Å². The lowest BCUT2D eigenvalue weighted by atomic mass is 9.97. The average Bonchev–Trinajstić information content (AvgIpc) is 3.08. The highest BCUT2D eigenvalue weighted by atomic mass is 32.1. The second-order valence-corrected chi connectivity index (χ2v) is 7.10. The first-order valence-corrected chi connectivity index (χ1v) is 8.44. The van der Waals surface area contributed by atoms with Crippen LogP contribution in [0.2, 0.25) is 0 Å². The van der Waals surface area contributed by atoms with Gasteiger partial charge in [-0.1, -0.05) is 36.4 Å². The Labute approximate surface area is 130 Å². The Morgan fingerprint density at radius 2 is 1.76 bits per heavy atom. The molecule has 0 N–H and O–H groups in total. The molecule has 0 aliphatic rings. The summed E-state index contributed by atoms with van der Waals surface area (Å²) in [4.78, 5) is 13.7. The van der Waals surface area contributed by atoms with Crippen LogP contribution in [0.5, 0.6) is 0 Å². The fourth-order valence-corrected chi connectivity index (χ4v) is 4.72. The Bertz CT molecular complexity index is 947. The van der Waals surface area contributed by atoms with Gasteiger partial charge >= 0.3 is 0 Å². The van der Waals surface area contributed by atoms with Crippen LogP contribution < -0.4 is 0 Å². The Morgan fingerprint density at radius 3 is 2.57 bits per heavy atom. The molecule has 2 aromatic carbocycles. The van der Waals surface area contributed by atoms with Crippen molar-refractivity contribution in [1.82, 2.24) is 0 Å². The molecular formula is C18H12OS2. The molecule has 4 aromatic rings. The van der Waals surface area contributed by atoms with Crippen LogP contribution in [0, 0.1) is 6.92 Å². The number of fused-ring (bicyclic) bond motifs is 2. The maximum absolute atomic E-state index is 12.9. The number of carbonyl (C=O) groups excluding carboxylic acids is 1. The zero-order chi connectivity index (χ0) is 14.4. The van der Waals surface area contributed by atoms with Crippen molar-refractivity contribution in [2.24, 2.45) is 0 Å². The second-order valence-electron chi connectivity index (χ2n) is 5.06. The summed E-state index contributed by atoms with van der Waals surface area (Å²) >= 11 is 3.27. The summed E-state index contributed by atoms with van der Waals surface area (Å²) in [5, 5.41) is 4.26. The summed E-state index contributed by atoms with van der Waals surface area (Å²) in [6.07, 6.45) is 0. The standard InChI is InChI=1S/C18H12OS2/c1-11-6-7-14(13-5-3-2-4-12(11)13)18(19)17-10-16-15(21-17)8-9-20-16/h2-10H,1H3. The van der Waals surface area contributed by atoms with Gasteiger partial charge in [-0.05, 0) is 40.8 Å². The van der Waals surface area contributed by atoms with Crippen molar-refractivity contribution < 1.29 is 4.79 Å². The van der Waals surface area contributed by atoms with Crippen LogP contribution in [-0.2, 0) is 0 Å². The normalized spacial score (nSPS) is 11.3. The summed E-state index contributed by atoms with van der Waals surface area (Å²) in [5.41, 5.74) is 2.00. The molecule has 0 amide bonds. The third kappa shape index (κ3) is 2.01. The molecule has 2 aromatic heterocycles. The summed E-state index contributed by atoms with van der Waals surface area (Å²) in [7, 11) is 0. The third-order valence-corrected chi connectivity index (χ3v) is 5.84. The lowest BCUT2D eigenvalue weighted by Crippen LogP contribution is -2.00. The number of hydrogen-bond acceptors (Lipinski definition) is 3. The topological polar surface area (TPSA) is 17.1 Å². The van der Waals surface area contributed by atoms with Gasteiger partial charge in [0.1, 0.15) is 0 Å². The van der Waals surface area contributed by atoms with Gasteiger partial charge in [-0.3, -0.25) is 4.79 Å². The van der Waals surface area contributed by atoms with Crippen LogP contribution in [0.3, 0.4) is 0 Å². The van der Waals surface area contributed by atoms with E-state index in [2.05, 4.69) is 24.4 Å². The van der Waals surface area contributed by atoms with Crippen molar-refractivity contribution in [1.29, 1.82) is 0 Å². The zero-order valence-electron chi connectivity index (χ0n) is 11.4. The number of benzene rings is 2. The van der Waals surface area contributed by atoms with E-state index in [0.717, 1.165) is 21.2 Å². The predicted molar refractivity (Wildman–Crippen MR) is 91.8 cm³/mol. The van der Waals surface area contributed by atoms with Crippen molar-refractivity contribution in [2.45, 2.75) is 6.92 Å². The quantitative estimate of drug-likeness (QED) is 0.437. The maximum Gasteiger partial charge on any atom is 0.203 e. The number of carbonyl (C=O) groups is 1. The van der Waals surface area contributed by atoms with E-state index in [-0.39, 0.29) is 5.78 Å². The summed E-state index contributed by atoms with van der Waals surface area (Å²) in [6.45, 7) is 2.08. The zero-order valence-corrected chi connectivity index (χ0v) is 13.1. The first-order chi connectivity index (χ1) is 10.2. The van der Waals surface area contributed by atoms with E-state index < -0.39 is 0 Å². The third-order valence-electron chi connectivity index (χ3n) is 3.75. The van der Waals surface area contributed by atoms with Crippen molar-refractivity contribution in [3.63, 3.8) is 0 Å². The van der Waals surface area contributed by atoms with E-state index in [1.165, 1.54) is 15.0 Å². The van der Waals surface area contributed by atoms with Gasteiger partial charge in [-0.2, -0.15) is 0 Å². The summed E-state index contributed by atoms with van der Waals surface area (Å²) in [6, 6.07) is 16.2. The molecule has 0 unspecified atom stereocenters. The number of hydrogen-bond donors (Lipinski definition) is 0. The SMILES string of the molecule is Cc1ccc(C(=O)c2cc3sccc3s2)c2ccccc12. The molecule has 0 saturated heterocycles. The Balaban J connectivity index is 1.91. The maximum atomic E-state index is 12.9. The van der Waals surface area contributed by atoms with E-state index in [1.54, 1.807) is 22.7 Å². The first-order valence-electron chi connectivity index (χ1n) is 6.74. The molecular weight excluding hydrogens is 296 g/mol. The van der Waals surface area contributed by atoms with Crippen molar-refractivity contribution in [3.05, 3.63) is 69.9 Å². The molecule has 2 heterocycles. The molecule has 0 aliphatic heterocycles. The highest BCUT2D eigenvalue weighted by molar-refractivity contribution is 7.28. The second kappa shape index (κ2) is 4.79. The summed E-state index contributed by atoms with van der Waals surface area (Å²) in [5.74, 6) is 0.125. The smallest absolute Gasteiger partial charge is 0.203 e. The Morgan fingerprint density at radius 1 is 0.952 bits per heavy atom. The van der Waals surface area contributed by atoms with Crippen LogP contribution in [0.4, 0.5) is 0 Å². The Kier molecular flexibility index (Phi) is 2.91. The molecule has 4 rings (SSSR count). The molecule has 0 saturated carbocycles. The summed E-state index contributed by atoms with van der Waals surface area (Å²) < 4.78 is 2.39. The average molecular weight is 308 g/mol. The van der Waals surface area contributed by atoms with Gasteiger partial charge < -0.3 is 0 Å². The molecule has 0 atom stereocenters. The van der Waals surface area contributed by atoms with Crippen LogP contribution in [0.15, 0.2) is 53.9 Å². The Hall–Kier alpha value is -1.97. The van der Waals surface area contributed by atoms with Crippen molar-refractivity contribution in [2.75, 3.05) is 0 Å². The minimum atomic E-state index is 0.125. The number of ketones is 1. The lowest BCUT2D eigenvalue weighted by Gasteiger charge is -2.07. The van der Waals surface area contributed by atoms with Gasteiger partial charge in [0.2, 0.25) is 5.78 Å². The van der Waals surface area contributed by atoms with Crippen LogP contribution in [-0.4, -0.2) is 5.78 Å². The van der Waals surface area contributed by atoms with E-state index in [1.807, 2.05) is 36.4 Å². The van der Waals surface area contributed by atoms with Gasteiger partial charge in [-0.15, -0.1) is 22.7 Å². The fraction of sp³-hybridized carbons (Fsp3) is 0.0556. The van der Waals surface area contributed by atoms with Crippen molar-refractivity contribution in [3.8, 4) is 0 Å². The molecule has 3 heteroatoms. The predicted octanol–water partition coefficient (Wildman–Crippen LogP) is 5.66. The molecule has 0 bridgehead atoms. The molecule has 0 radical (unpaired) electrons. The van der Waals surface area contributed by atoms with E-state index >= 15 is 0 Å². The number of rotatable bonds is 2. The highest BCUT2D eigenvalue weighted by Gasteiger charge is 2.16. The minimum absolute atomic E-state index is 0.125. The fourth-order valence-electron chi connectivity index (χ4n) is 2.66. The van der Waals surface area contributed by atoms with Gasteiger partial charge in [-0.25, -0.2) is 0 Å². The van der Waals surface area contributed by atoms with E-state index in [0.29, 0.717) is 0 Å². The largest absolute Gasteiger partial charge is 0.288 e. The van der Waals surface area contributed by atoms with Gasteiger partial charge in [0.15, 0.2) is 0 Å². The lowest BCUT2D eigenvalue weighted by molar-refractivity contribution is 0.104. The molecule has 21 heavy (non-hydrogen) atoms. The number of thiophene rings is 2. The van der Waals surface area contributed by atoms with E-state index in [9.17, 15) is 4.79 Å². The van der Waals surface area contributed by atoms with Gasteiger partial charge in [0.25, 0.3) is 0 Å². The highest BCUT2D eigenvalue weighted by Crippen LogP contribution is 2.33. The molecule has 1 nitrogen and oxygen atoms in total. The van der Waals surface area contributed by atoms with Crippen LogP contribution >= 0.6 is 22.7 Å². The molecule has 0 aliphatic carbocycles. The van der Waals surface area contributed by atoms with E-state index in [4.69, 9.17) is 0 Å². The monoisotopic (exact) mass is 308 g/mol. The molecule has 0 fully saturated rings. The minimum Gasteiger partial charge on any atom is -0.288 e. The van der Waals surface area contributed by atoms with Crippen LogP contribution in [0.25, 0.3) is 20.2 Å². The first kappa shape index (κ1) is 12.7. The van der Waals surface area contributed by atoms with Gasteiger partial charge in [0, 0.05) is 15.0 Å². The van der Waals surface area contributed by atoms with Crippen LogP contribution in [0.1, 0.15) is 20.8 Å².